The number of hydrogen-bond acceptors (Lipinski definition) is 2. The third-order valence-electron chi connectivity index (χ3n) is 3.35. The molecule has 0 aromatic rings. The van der Waals surface area contributed by atoms with E-state index in [9.17, 15) is 5.11 Å². The molecule has 1 aliphatic heterocycles. The lowest BCUT2D eigenvalue weighted by Crippen LogP contribution is -2.27. The highest BCUT2D eigenvalue weighted by atomic mass is 16.3. The number of rotatable bonds is 2. The fourth-order valence-electron chi connectivity index (χ4n) is 2.46. The Hall–Kier alpha value is -0.340. The SMILES string of the molecule is OC1CCCN(CC2=CCCC2)CC1. The van der Waals surface area contributed by atoms with E-state index in [1.54, 1.807) is 5.57 Å². The van der Waals surface area contributed by atoms with Gasteiger partial charge in [0.05, 0.1) is 6.10 Å². The molecule has 0 radical (unpaired) electrons. The highest BCUT2D eigenvalue weighted by Crippen LogP contribution is 2.20. The second-order valence-electron chi connectivity index (χ2n) is 4.62. The maximum atomic E-state index is 9.53. The lowest BCUT2D eigenvalue weighted by Gasteiger charge is -2.20. The predicted octanol–water partition coefficient (Wildman–Crippen LogP) is 1.94. The van der Waals surface area contributed by atoms with Gasteiger partial charge in [0.1, 0.15) is 0 Å². The molecular weight excluding hydrogens is 174 g/mol. The molecule has 1 saturated heterocycles. The monoisotopic (exact) mass is 195 g/mol. The fourth-order valence-corrected chi connectivity index (χ4v) is 2.46. The first-order valence-corrected chi connectivity index (χ1v) is 5.93. The number of nitrogens with zero attached hydrogens (tertiary/aromatic N) is 1. The van der Waals surface area contributed by atoms with Crippen molar-refractivity contribution in [1.82, 2.24) is 4.90 Å². The molecule has 14 heavy (non-hydrogen) atoms. The molecule has 1 unspecified atom stereocenters. The Morgan fingerprint density at radius 1 is 1.29 bits per heavy atom. The smallest absolute Gasteiger partial charge is 0.0553 e. The van der Waals surface area contributed by atoms with Gasteiger partial charge in [-0.2, -0.15) is 0 Å². The molecule has 1 heterocycles. The molecule has 80 valence electrons. The summed E-state index contributed by atoms with van der Waals surface area (Å²) in [6, 6.07) is 0. The first-order chi connectivity index (χ1) is 6.84. The van der Waals surface area contributed by atoms with E-state index in [2.05, 4.69) is 11.0 Å². The average molecular weight is 195 g/mol. The molecule has 2 heteroatoms. The predicted molar refractivity (Wildman–Crippen MR) is 58.2 cm³/mol. The van der Waals surface area contributed by atoms with Gasteiger partial charge in [0.2, 0.25) is 0 Å². The number of allylic oxidation sites excluding steroid dienone is 1. The summed E-state index contributed by atoms with van der Waals surface area (Å²) in [6.07, 6.45) is 9.42. The van der Waals surface area contributed by atoms with Gasteiger partial charge in [0.15, 0.2) is 0 Å². The van der Waals surface area contributed by atoms with Crippen LogP contribution in [-0.2, 0) is 0 Å². The van der Waals surface area contributed by atoms with Gasteiger partial charge in [0, 0.05) is 13.1 Å². The summed E-state index contributed by atoms with van der Waals surface area (Å²) < 4.78 is 0. The molecule has 0 bridgehead atoms. The van der Waals surface area contributed by atoms with E-state index < -0.39 is 0 Å². The summed E-state index contributed by atoms with van der Waals surface area (Å²) in [4.78, 5) is 2.51. The van der Waals surface area contributed by atoms with Crippen molar-refractivity contribution >= 4 is 0 Å². The molecule has 2 nitrogen and oxygen atoms in total. The van der Waals surface area contributed by atoms with Gasteiger partial charge >= 0.3 is 0 Å². The van der Waals surface area contributed by atoms with Gasteiger partial charge in [-0.15, -0.1) is 0 Å². The molecule has 0 amide bonds. The minimum atomic E-state index is -0.0439. The van der Waals surface area contributed by atoms with Crippen LogP contribution < -0.4 is 0 Å². The Morgan fingerprint density at radius 2 is 2.21 bits per heavy atom. The van der Waals surface area contributed by atoms with Crippen molar-refractivity contribution in [3.63, 3.8) is 0 Å². The zero-order valence-electron chi connectivity index (χ0n) is 8.91. The molecule has 0 aromatic heterocycles. The molecule has 2 aliphatic rings. The Kier molecular flexibility index (Phi) is 3.60. The summed E-state index contributed by atoms with van der Waals surface area (Å²) in [6.45, 7) is 3.42. The molecule has 2 rings (SSSR count). The fraction of sp³-hybridized carbons (Fsp3) is 0.833. The second kappa shape index (κ2) is 4.94. The Labute approximate surface area is 86.6 Å². The van der Waals surface area contributed by atoms with Crippen molar-refractivity contribution in [3.8, 4) is 0 Å². The number of hydrogen-bond donors (Lipinski definition) is 1. The van der Waals surface area contributed by atoms with Crippen molar-refractivity contribution in [2.75, 3.05) is 19.6 Å². The summed E-state index contributed by atoms with van der Waals surface area (Å²) in [5, 5.41) is 9.53. The van der Waals surface area contributed by atoms with Crippen LogP contribution in [0.4, 0.5) is 0 Å². The minimum Gasteiger partial charge on any atom is -0.393 e. The molecule has 0 saturated carbocycles. The first-order valence-electron chi connectivity index (χ1n) is 5.93. The minimum absolute atomic E-state index is 0.0439. The number of likely N-dealkylation sites (tertiary alicyclic amines) is 1. The summed E-state index contributed by atoms with van der Waals surface area (Å²) in [5.41, 5.74) is 1.63. The molecule has 1 aliphatic carbocycles. The third-order valence-corrected chi connectivity index (χ3v) is 3.35. The van der Waals surface area contributed by atoms with Crippen LogP contribution in [0.15, 0.2) is 11.6 Å². The van der Waals surface area contributed by atoms with E-state index >= 15 is 0 Å². The average Bonchev–Trinajstić information content (AvgIpc) is 2.58. The third kappa shape index (κ3) is 2.82. The molecular formula is C12H21NO. The van der Waals surface area contributed by atoms with E-state index in [0.29, 0.717) is 0 Å². The van der Waals surface area contributed by atoms with Crippen LogP contribution in [0.3, 0.4) is 0 Å². The van der Waals surface area contributed by atoms with Gasteiger partial charge in [0.25, 0.3) is 0 Å². The van der Waals surface area contributed by atoms with E-state index in [4.69, 9.17) is 0 Å². The normalized spacial score (nSPS) is 30.1. The highest BCUT2D eigenvalue weighted by molar-refractivity contribution is 5.09. The van der Waals surface area contributed by atoms with Crippen LogP contribution in [0.5, 0.6) is 0 Å². The van der Waals surface area contributed by atoms with Crippen LogP contribution in [0.25, 0.3) is 0 Å². The van der Waals surface area contributed by atoms with Crippen molar-refractivity contribution in [2.24, 2.45) is 0 Å². The zero-order chi connectivity index (χ0) is 9.80. The molecule has 0 aromatic carbocycles. The van der Waals surface area contributed by atoms with E-state index in [1.807, 2.05) is 0 Å². The van der Waals surface area contributed by atoms with Gasteiger partial charge in [-0.3, -0.25) is 4.90 Å². The van der Waals surface area contributed by atoms with Gasteiger partial charge in [-0.25, -0.2) is 0 Å². The lowest BCUT2D eigenvalue weighted by atomic mass is 10.2. The standard InChI is InChI=1S/C12H21NO/c14-12-6-3-8-13(9-7-12)10-11-4-1-2-5-11/h4,12,14H,1-3,5-10H2. The molecule has 1 fully saturated rings. The molecule has 1 N–H and O–H groups in total. The summed E-state index contributed by atoms with van der Waals surface area (Å²) in [5.74, 6) is 0. The maximum Gasteiger partial charge on any atom is 0.0553 e. The van der Waals surface area contributed by atoms with Crippen molar-refractivity contribution in [3.05, 3.63) is 11.6 Å². The highest BCUT2D eigenvalue weighted by Gasteiger charge is 2.16. The van der Waals surface area contributed by atoms with Crippen LogP contribution in [-0.4, -0.2) is 35.7 Å². The zero-order valence-corrected chi connectivity index (χ0v) is 8.91. The lowest BCUT2D eigenvalue weighted by molar-refractivity contribution is 0.156. The van der Waals surface area contributed by atoms with E-state index in [0.717, 1.165) is 32.4 Å². The second-order valence-corrected chi connectivity index (χ2v) is 4.62. The maximum absolute atomic E-state index is 9.53. The van der Waals surface area contributed by atoms with Crippen LogP contribution in [0.1, 0.15) is 38.5 Å². The number of aliphatic hydroxyl groups excluding tert-OH is 1. The van der Waals surface area contributed by atoms with Crippen molar-refractivity contribution in [1.29, 1.82) is 0 Å². The molecule has 1 atom stereocenters. The Bertz CT molecular complexity index is 212. The molecule has 0 spiro atoms. The Morgan fingerprint density at radius 3 is 3.00 bits per heavy atom. The first kappa shape index (κ1) is 10.2. The number of aliphatic hydroxyl groups is 1. The van der Waals surface area contributed by atoms with Crippen molar-refractivity contribution < 1.29 is 5.11 Å². The summed E-state index contributed by atoms with van der Waals surface area (Å²) >= 11 is 0. The van der Waals surface area contributed by atoms with Crippen molar-refractivity contribution in [2.45, 2.75) is 44.6 Å². The van der Waals surface area contributed by atoms with Crippen LogP contribution in [0, 0.1) is 0 Å². The van der Waals surface area contributed by atoms with Crippen LogP contribution >= 0.6 is 0 Å². The quantitative estimate of drug-likeness (QED) is 0.681. The van der Waals surface area contributed by atoms with E-state index in [-0.39, 0.29) is 6.10 Å². The topological polar surface area (TPSA) is 23.5 Å². The van der Waals surface area contributed by atoms with E-state index in [1.165, 1.54) is 25.8 Å². The van der Waals surface area contributed by atoms with Gasteiger partial charge < -0.3 is 5.11 Å². The van der Waals surface area contributed by atoms with Gasteiger partial charge in [-0.05, 0) is 45.1 Å². The summed E-state index contributed by atoms with van der Waals surface area (Å²) in [7, 11) is 0. The van der Waals surface area contributed by atoms with Crippen LogP contribution in [0.2, 0.25) is 0 Å². The Balaban J connectivity index is 1.79. The van der Waals surface area contributed by atoms with Gasteiger partial charge in [-0.1, -0.05) is 11.6 Å². The largest absolute Gasteiger partial charge is 0.393 e.